The summed E-state index contributed by atoms with van der Waals surface area (Å²) in [4.78, 5) is 8.13. The Morgan fingerprint density at radius 3 is 2.94 bits per heavy atom. The number of nitrogens with zero attached hydrogens (tertiary/aromatic N) is 3. The Kier molecular flexibility index (Phi) is 4.56. The molecule has 0 bridgehead atoms. The van der Waals surface area contributed by atoms with E-state index in [1.807, 2.05) is 12.1 Å². The van der Waals surface area contributed by atoms with Crippen LogP contribution in [0.5, 0.6) is 5.75 Å². The first-order valence-electron chi connectivity index (χ1n) is 5.41. The molecule has 4 nitrogen and oxygen atoms in total. The molecule has 1 heterocycles. The van der Waals surface area contributed by atoms with Crippen LogP contribution in [0, 0.1) is 11.3 Å². The molecule has 90 valence electrons. The van der Waals surface area contributed by atoms with Gasteiger partial charge < -0.3 is 4.74 Å². The van der Waals surface area contributed by atoms with Gasteiger partial charge in [0.1, 0.15) is 16.8 Å². The smallest absolute Gasteiger partial charge is 0.137 e. The van der Waals surface area contributed by atoms with Crippen LogP contribution >= 0.6 is 11.8 Å². The van der Waals surface area contributed by atoms with Gasteiger partial charge >= 0.3 is 0 Å². The zero-order chi connectivity index (χ0) is 12.6. The van der Waals surface area contributed by atoms with Crippen LogP contribution in [0.3, 0.4) is 0 Å². The van der Waals surface area contributed by atoms with E-state index in [0.717, 1.165) is 10.8 Å². The van der Waals surface area contributed by atoms with Crippen LogP contribution in [0.25, 0.3) is 0 Å². The Morgan fingerprint density at radius 2 is 2.17 bits per heavy atom. The summed E-state index contributed by atoms with van der Waals surface area (Å²) in [6.45, 7) is 0.528. The van der Waals surface area contributed by atoms with Crippen LogP contribution in [-0.2, 0) is 0 Å². The van der Waals surface area contributed by atoms with Crippen LogP contribution in [0.4, 0.5) is 0 Å². The highest BCUT2D eigenvalue weighted by atomic mass is 32.2. The minimum Gasteiger partial charge on any atom is -0.491 e. The molecule has 2 rings (SSSR count). The molecule has 1 aromatic heterocycles. The first kappa shape index (κ1) is 12.4. The zero-order valence-electron chi connectivity index (χ0n) is 9.61. The lowest BCUT2D eigenvalue weighted by Crippen LogP contribution is -2.01. The fourth-order valence-corrected chi connectivity index (χ4v) is 1.99. The van der Waals surface area contributed by atoms with Crippen molar-refractivity contribution in [3.63, 3.8) is 0 Å². The predicted octanol–water partition coefficient (Wildman–Crippen LogP) is 2.52. The van der Waals surface area contributed by atoms with Gasteiger partial charge in [0.05, 0.1) is 18.4 Å². The quantitative estimate of drug-likeness (QED) is 0.608. The van der Waals surface area contributed by atoms with E-state index in [4.69, 9.17) is 10.00 Å². The molecule has 0 unspecified atom stereocenters. The van der Waals surface area contributed by atoms with Crippen LogP contribution in [0.1, 0.15) is 5.56 Å². The van der Waals surface area contributed by atoms with E-state index in [0.29, 0.717) is 17.9 Å². The first-order valence-corrected chi connectivity index (χ1v) is 6.39. The fraction of sp³-hybridized carbons (Fsp3) is 0.154. The monoisotopic (exact) mass is 257 g/mol. The van der Waals surface area contributed by atoms with E-state index < -0.39 is 0 Å². The Balaban J connectivity index is 1.81. The van der Waals surface area contributed by atoms with Crippen LogP contribution in [0.2, 0.25) is 0 Å². The summed E-state index contributed by atoms with van der Waals surface area (Å²) < 4.78 is 5.56. The SMILES string of the molecule is N#Cc1ccccc1OCCSc1cnccn1. The molecule has 0 atom stereocenters. The molecule has 0 aliphatic rings. The van der Waals surface area contributed by atoms with Gasteiger partial charge in [0.2, 0.25) is 0 Å². The van der Waals surface area contributed by atoms with E-state index in [2.05, 4.69) is 16.0 Å². The van der Waals surface area contributed by atoms with Crippen molar-refractivity contribution in [2.24, 2.45) is 0 Å². The lowest BCUT2D eigenvalue weighted by Gasteiger charge is -2.06. The van der Waals surface area contributed by atoms with Gasteiger partial charge in [0.15, 0.2) is 0 Å². The second-order valence-electron chi connectivity index (χ2n) is 3.35. The molecule has 0 aliphatic heterocycles. The summed E-state index contributed by atoms with van der Waals surface area (Å²) in [5.74, 6) is 1.39. The minimum atomic E-state index is 0.528. The maximum Gasteiger partial charge on any atom is 0.137 e. The van der Waals surface area contributed by atoms with Crippen molar-refractivity contribution in [1.29, 1.82) is 5.26 Å². The van der Waals surface area contributed by atoms with E-state index in [1.54, 1.807) is 42.5 Å². The second-order valence-corrected chi connectivity index (χ2v) is 4.46. The van der Waals surface area contributed by atoms with Crippen molar-refractivity contribution < 1.29 is 4.74 Å². The molecule has 0 aliphatic carbocycles. The highest BCUT2D eigenvalue weighted by Gasteiger charge is 2.01. The normalized spacial score (nSPS) is 9.72. The van der Waals surface area contributed by atoms with Gasteiger partial charge in [-0.3, -0.25) is 4.98 Å². The Morgan fingerprint density at radius 1 is 1.28 bits per heavy atom. The van der Waals surface area contributed by atoms with Gasteiger partial charge in [0.25, 0.3) is 0 Å². The molecule has 0 saturated carbocycles. The molecule has 0 spiro atoms. The van der Waals surface area contributed by atoms with Gasteiger partial charge in [-0.2, -0.15) is 5.26 Å². The average Bonchev–Trinajstić information content (AvgIpc) is 2.45. The maximum atomic E-state index is 8.90. The average molecular weight is 257 g/mol. The third-order valence-corrected chi connectivity index (χ3v) is 3.02. The third kappa shape index (κ3) is 3.47. The number of thioether (sulfide) groups is 1. The number of para-hydroxylation sites is 1. The number of hydrogen-bond donors (Lipinski definition) is 0. The third-order valence-electron chi connectivity index (χ3n) is 2.14. The molecule has 1 aromatic carbocycles. The van der Waals surface area contributed by atoms with Crippen LogP contribution in [0.15, 0.2) is 47.9 Å². The van der Waals surface area contributed by atoms with Crippen LogP contribution < -0.4 is 4.74 Å². The van der Waals surface area contributed by atoms with Crippen molar-refractivity contribution in [3.05, 3.63) is 48.4 Å². The van der Waals surface area contributed by atoms with Crippen LogP contribution in [-0.4, -0.2) is 22.3 Å². The van der Waals surface area contributed by atoms with Gasteiger partial charge in [-0.05, 0) is 12.1 Å². The standard InChI is InChI=1S/C13H11N3OS/c14-9-11-3-1-2-4-12(11)17-7-8-18-13-10-15-5-6-16-13/h1-6,10H,7-8H2. The topological polar surface area (TPSA) is 58.8 Å². The summed E-state index contributed by atoms with van der Waals surface area (Å²) in [7, 11) is 0. The van der Waals surface area contributed by atoms with Gasteiger partial charge in [0, 0.05) is 18.1 Å². The Bertz CT molecular complexity index is 539. The number of hydrogen-bond acceptors (Lipinski definition) is 5. The minimum absolute atomic E-state index is 0.528. The molecule has 0 radical (unpaired) electrons. The van der Waals surface area contributed by atoms with E-state index in [1.165, 1.54) is 0 Å². The summed E-state index contributed by atoms with van der Waals surface area (Å²) in [6, 6.07) is 9.31. The maximum absolute atomic E-state index is 8.90. The van der Waals surface area contributed by atoms with Crippen molar-refractivity contribution in [1.82, 2.24) is 9.97 Å². The molecule has 0 fully saturated rings. The lowest BCUT2D eigenvalue weighted by molar-refractivity contribution is 0.343. The molecule has 18 heavy (non-hydrogen) atoms. The predicted molar refractivity (Wildman–Crippen MR) is 69.4 cm³/mol. The summed E-state index contributed by atoms with van der Waals surface area (Å²) in [5.41, 5.74) is 0.557. The van der Waals surface area contributed by atoms with E-state index >= 15 is 0 Å². The summed E-state index contributed by atoms with van der Waals surface area (Å²) in [6.07, 6.45) is 5.02. The van der Waals surface area contributed by atoms with Gasteiger partial charge in [-0.25, -0.2) is 4.98 Å². The molecular weight excluding hydrogens is 246 g/mol. The molecular formula is C13H11N3OS. The van der Waals surface area contributed by atoms with Crippen molar-refractivity contribution in [2.45, 2.75) is 5.03 Å². The summed E-state index contributed by atoms with van der Waals surface area (Å²) >= 11 is 1.57. The molecule has 2 aromatic rings. The second kappa shape index (κ2) is 6.62. The number of nitriles is 1. The zero-order valence-corrected chi connectivity index (χ0v) is 10.4. The summed E-state index contributed by atoms with van der Waals surface area (Å²) in [5, 5.41) is 9.77. The number of aromatic nitrogens is 2. The number of benzene rings is 1. The van der Waals surface area contributed by atoms with Gasteiger partial charge in [-0.15, -0.1) is 11.8 Å². The lowest BCUT2D eigenvalue weighted by atomic mass is 10.2. The highest BCUT2D eigenvalue weighted by Crippen LogP contribution is 2.18. The van der Waals surface area contributed by atoms with Crippen molar-refractivity contribution >= 4 is 11.8 Å². The first-order chi connectivity index (χ1) is 8.90. The molecule has 0 amide bonds. The van der Waals surface area contributed by atoms with Crippen molar-refractivity contribution in [3.8, 4) is 11.8 Å². The van der Waals surface area contributed by atoms with E-state index in [9.17, 15) is 0 Å². The van der Waals surface area contributed by atoms with Crippen molar-refractivity contribution in [2.75, 3.05) is 12.4 Å². The molecule has 0 N–H and O–H groups in total. The van der Waals surface area contributed by atoms with Gasteiger partial charge in [-0.1, -0.05) is 12.1 Å². The molecule has 0 saturated heterocycles. The Labute approximate surface area is 110 Å². The highest BCUT2D eigenvalue weighted by molar-refractivity contribution is 7.99. The van der Waals surface area contributed by atoms with E-state index in [-0.39, 0.29) is 0 Å². The number of rotatable bonds is 5. The Hall–Kier alpha value is -2.06. The largest absolute Gasteiger partial charge is 0.491 e. The number of ether oxygens (including phenoxy) is 1. The molecule has 5 heteroatoms. The fourth-order valence-electron chi connectivity index (χ4n) is 1.34.